The molecule has 0 fully saturated rings. The molecule has 3 aromatic heterocycles. The zero-order chi connectivity index (χ0) is 64.8. The molecule has 0 spiro atoms. The third kappa shape index (κ3) is 9.44. The van der Waals surface area contributed by atoms with Crippen LogP contribution in [0.2, 0.25) is 0 Å². The van der Waals surface area contributed by atoms with Gasteiger partial charge in [-0.05, 0) is 192 Å². The number of hydrogen-bond acceptors (Lipinski definition) is 6. The van der Waals surface area contributed by atoms with E-state index in [-0.39, 0.29) is 39.3 Å². The number of thiophene rings is 1. The van der Waals surface area contributed by atoms with Crippen molar-refractivity contribution in [2.24, 2.45) is 0 Å². The molecule has 13 aromatic rings. The Hall–Kier alpha value is -8.78. The normalized spacial score (nSPS) is 15.3. The molecule has 0 bridgehead atoms. The van der Waals surface area contributed by atoms with Gasteiger partial charge >= 0.3 is 6.85 Å². The van der Waals surface area contributed by atoms with Gasteiger partial charge in [0.2, 0.25) is 0 Å². The van der Waals surface area contributed by atoms with Crippen molar-refractivity contribution in [3.05, 3.63) is 228 Å². The van der Waals surface area contributed by atoms with Crippen molar-refractivity contribution < 1.29 is 8.83 Å². The monoisotopic (exact) mass is 1230 g/mol. The number of furan rings is 2. The fourth-order valence-corrected chi connectivity index (χ4v) is 16.8. The predicted octanol–water partition coefficient (Wildman–Crippen LogP) is 24.1. The molecule has 5 heterocycles. The summed E-state index contributed by atoms with van der Waals surface area (Å²) < 4.78 is 17.4. The van der Waals surface area contributed by atoms with Crippen molar-refractivity contribution in [3.8, 4) is 22.3 Å². The summed E-state index contributed by atoms with van der Waals surface area (Å²) in [7, 11) is 0. The van der Waals surface area contributed by atoms with Gasteiger partial charge in [0.1, 0.15) is 16.7 Å². The third-order valence-corrected chi connectivity index (χ3v) is 22.3. The van der Waals surface area contributed by atoms with Crippen molar-refractivity contribution in [1.29, 1.82) is 0 Å². The second-order valence-electron chi connectivity index (χ2n) is 32.5. The molecule has 1 aliphatic carbocycles. The van der Waals surface area contributed by atoms with E-state index in [1.165, 1.54) is 76.1 Å². The molecule has 3 aliphatic rings. The Balaban J connectivity index is 1.03. The Bertz CT molecular complexity index is 5130. The van der Waals surface area contributed by atoms with Crippen molar-refractivity contribution >= 4 is 128 Å². The van der Waals surface area contributed by atoms with Crippen LogP contribution < -0.4 is 24.9 Å². The summed E-state index contributed by atoms with van der Waals surface area (Å²) in [6, 6.07) is 74.2. The van der Waals surface area contributed by atoms with Gasteiger partial charge in [-0.25, -0.2) is 0 Å². The van der Waals surface area contributed by atoms with Gasteiger partial charge in [-0.2, -0.15) is 0 Å². The summed E-state index contributed by atoms with van der Waals surface area (Å²) in [6.07, 6.45) is 2.26. The Kier molecular flexibility index (Phi) is 13.0. The van der Waals surface area contributed by atoms with Gasteiger partial charge in [0.25, 0.3) is 0 Å². The second-order valence-corrected chi connectivity index (χ2v) is 33.6. The summed E-state index contributed by atoms with van der Waals surface area (Å²) in [5, 5.41) is 5.60. The quantitative estimate of drug-likeness (QED) is 0.155. The highest BCUT2D eigenvalue weighted by Gasteiger charge is 2.50. The van der Waals surface area contributed by atoms with Crippen LogP contribution in [0.3, 0.4) is 0 Å². The number of fused-ring (bicyclic) bond motifs is 14. The molecule has 93 heavy (non-hydrogen) atoms. The maximum atomic E-state index is 7.53. The third-order valence-electron chi connectivity index (χ3n) is 21.1. The molecule has 0 unspecified atom stereocenters. The van der Waals surface area contributed by atoms with Gasteiger partial charge in [0, 0.05) is 82.0 Å². The minimum Gasteiger partial charge on any atom is -0.456 e. The summed E-state index contributed by atoms with van der Waals surface area (Å²) >= 11 is 1.98. The van der Waals surface area contributed by atoms with Crippen LogP contribution in [0, 0.1) is 0 Å². The molecule has 0 radical (unpaired) electrons. The van der Waals surface area contributed by atoms with Crippen LogP contribution in [0.5, 0.6) is 0 Å². The lowest BCUT2D eigenvalue weighted by atomic mass is 9.46. The molecule has 5 nitrogen and oxygen atoms in total. The van der Waals surface area contributed by atoms with Gasteiger partial charge in [-0.1, -0.05) is 202 Å². The summed E-state index contributed by atoms with van der Waals surface area (Å²) in [4.78, 5) is 7.76. The molecular weight excluding hydrogens is 1150 g/mol. The van der Waals surface area contributed by atoms with Gasteiger partial charge in [0.15, 0.2) is 5.58 Å². The van der Waals surface area contributed by atoms with E-state index >= 15 is 0 Å². The van der Waals surface area contributed by atoms with Crippen LogP contribution in [0.1, 0.15) is 157 Å². The van der Waals surface area contributed by atoms with Gasteiger partial charge in [-0.15, -0.1) is 11.3 Å². The number of benzene rings is 10. The minimum atomic E-state index is -0.271. The first-order valence-corrected chi connectivity index (χ1v) is 34.4. The Morgan fingerprint density at radius 1 is 0.419 bits per heavy atom. The van der Waals surface area contributed by atoms with Crippen LogP contribution >= 0.6 is 11.3 Å². The molecule has 7 heteroatoms. The van der Waals surface area contributed by atoms with E-state index in [0.29, 0.717) is 0 Å². The van der Waals surface area contributed by atoms with Crippen LogP contribution in [0.4, 0.5) is 45.5 Å². The fourth-order valence-electron chi connectivity index (χ4n) is 15.5. The van der Waals surface area contributed by atoms with Crippen molar-refractivity contribution in [1.82, 2.24) is 0 Å². The average Bonchev–Trinajstić information content (AvgIpc) is 1.63. The van der Waals surface area contributed by atoms with E-state index in [1.807, 2.05) is 11.3 Å². The van der Waals surface area contributed by atoms with E-state index in [9.17, 15) is 0 Å². The number of para-hydroxylation sites is 1. The molecule has 0 saturated heterocycles. The lowest BCUT2D eigenvalue weighted by Crippen LogP contribution is -2.60. The molecular formula is C86H84BN3O2S. The van der Waals surface area contributed by atoms with E-state index < -0.39 is 0 Å². The maximum Gasteiger partial charge on any atom is 0.343 e. The molecule has 464 valence electrons. The molecule has 0 saturated carbocycles. The predicted molar refractivity (Wildman–Crippen MR) is 400 cm³/mol. The Labute approximate surface area is 553 Å². The van der Waals surface area contributed by atoms with Gasteiger partial charge in [0.05, 0.1) is 17.1 Å². The lowest BCUT2D eigenvalue weighted by Gasteiger charge is -2.45. The van der Waals surface area contributed by atoms with Gasteiger partial charge in [-0.3, -0.25) is 0 Å². The summed E-state index contributed by atoms with van der Waals surface area (Å²) in [5.74, 6) is 0. The standard InChI is InChI=1S/C86H84BN3O2S/c1-81(2,3)52-26-33-56(34-27-52)88(57-35-28-53(29-36-57)82(4,5)6)59-39-41-73-63(45-59)64-46-62-65-47-66-60-24-20-21-25-72(60)92-79(66)78-76(65)87(90(71(62)50-74(64)91-73)58-37-30-54(31-38-58)83(7,8)9)80-77(67-48-68-69(49-75(67)93-80)86(15,16)43-42-85(68,13)14)89(78)70-40-32-55(84(10,11)12)44-61(70)51-22-18-17-19-23-51/h17-41,44-50H,42-43H2,1-16H3. The van der Waals surface area contributed by atoms with Crippen molar-refractivity contribution in [2.45, 2.75) is 156 Å². The molecule has 10 aromatic carbocycles. The first kappa shape index (κ1) is 59.3. The molecule has 0 atom stereocenters. The van der Waals surface area contributed by atoms with Crippen molar-refractivity contribution in [2.75, 3.05) is 14.6 Å². The van der Waals surface area contributed by atoms with E-state index in [2.05, 4.69) is 320 Å². The van der Waals surface area contributed by atoms with Crippen LogP contribution in [0.15, 0.2) is 203 Å². The SMILES string of the molecule is CC(C)(C)c1ccc(N2B3c4sc5cc6c(cc5c4N(c4ccc(C(C)(C)C)cc4-c4ccccc4)c4c3c(cc3c4oc4ccccc43)-c3cc4c(cc32)oc2ccc(N(c3ccc(C(C)(C)C)cc3)c3ccc(C(C)(C)C)cc3)cc24)C(C)(C)CCC6(C)C)cc1. The van der Waals surface area contributed by atoms with Crippen LogP contribution in [-0.4, -0.2) is 6.85 Å². The number of hydrogen-bond donors (Lipinski definition) is 0. The molecule has 2 aliphatic heterocycles. The zero-order valence-corrected chi connectivity index (χ0v) is 57.8. The summed E-state index contributed by atoms with van der Waals surface area (Å²) in [5.41, 5.74) is 26.3. The maximum absolute atomic E-state index is 7.53. The highest BCUT2D eigenvalue weighted by atomic mass is 32.1. The van der Waals surface area contributed by atoms with E-state index in [1.54, 1.807) is 0 Å². The van der Waals surface area contributed by atoms with Crippen LogP contribution in [-0.2, 0) is 32.5 Å². The minimum absolute atomic E-state index is 0.0140. The smallest absolute Gasteiger partial charge is 0.343 e. The summed E-state index contributed by atoms with van der Waals surface area (Å²) in [6.45, 7) is 37.2. The number of nitrogens with zero attached hydrogens (tertiary/aromatic N) is 3. The van der Waals surface area contributed by atoms with Crippen molar-refractivity contribution in [3.63, 3.8) is 0 Å². The zero-order valence-electron chi connectivity index (χ0n) is 57.0. The second kappa shape index (κ2) is 20.4. The highest BCUT2D eigenvalue weighted by molar-refractivity contribution is 7.32. The number of rotatable bonds is 6. The Morgan fingerprint density at radius 3 is 1.58 bits per heavy atom. The molecule has 16 rings (SSSR count). The van der Waals surface area contributed by atoms with Crippen LogP contribution in [0.25, 0.3) is 76.2 Å². The van der Waals surface area contributed by atoms with E-state index in [0.717, 1.165) is 102 Å². The highest BCUT2D eigenvalue weighted by Crippen LogP contribution is 2.58. The average molecular weight is 1230 g/mol. The molecule has 0 amide bonds. The fraction of sp³-hybridized carbons (Fsp3) is 0.279. The first-order valence-electron chi connectivity index (χ1n) is 33.6. The Morgan fingerprint density at radius 2 is 0.957 bits per heavy atom. The van der Waals surface area contributed by atoms with Gasteiger partial charge < -0.3 is 23.4 Å². The topological polar surface area (TPSA) is 36.0 Å². The largest absolute Gasteiger partial charge is 0.456 e. The lowest BCUT2D eigenvalue weighted by molar-refractivity contribution is 0.332. The molecule has 0 N–H and O–H groups in total. The van der Waals surface area contributed by atoms with E-state index in [4.69, 9.17) is 8.83 Å². The first-order chi connectivity index (χ1) is 44.1. The number of anilines is 8.